The van der Waals surface area contributed by atoms with Gasteiger partial charge >= 0.3 is 0 Å². The highest BCUT2D eigenvalue weighted by molar-refractivity contribution is 9.11. The van der Waals surface area contributed by atoms with E-state index in [-0.39, 0.29) is 0 Å². The van der Waals surface area contributed by atoms with Gasteiger partial charge < -0.3 is 0 Å². The quantitative estimate of drug-likeness (QED) is 0.714. The molecule has 0 saturated carbocycles. The third-order valence-corrected chi connectivity index (χ3v) is 3.53. The summed E-state index contributed by atoms with van der Waals surface area (Å²) in [6.07, 6.45) is 1.89. The third kappa shape index (κ3) is 3.01. The van der Waals surface area contributed by atoms with E-state index in [4.69, 9.17) is 0 Å². The van der Waals surface area contributed by atoms with Crippen molar-refractivity contribution in [2.24, 2.45) is 4.99 Å². The van der Waals surface area contributed by atoms with Crippen molar-refractivity contribution in [1.29, 1.82) is 0 Å². The lowest BCUT2D eigenvalue weighted by atomic mass is 10.2. The van der Waals surface area contributed by atoms with Crippen LogP contribution in [0.2, 0.25) is 0 Å². The molecule has 3 heteroatoms. The maximum absolute atomic E-state index is 4.40. The first-order valence-electron chi connectivity index (χ1n) is 4.60. The van der Waals surface area contributed by atoms with Crippen molar-refractivity contribution in [2.75, 3.05) is 0 Å². The minimum Gasteiger partial charge on any atom is -0.255 e. The van der Waals surface area contributed by atoms with Crippen LogP contribution in [0, 0.1) is 6.92 Å². The summed E-state index contributed by atoms with van der Waals surface area (Å²) < 4.78 is 1.13. The standard InChI is InChI=1S/C12H10BrNS/c1-9-2-4-10(5-3-9)14-8-11-6-7-12(13)15-11/h2-8H,1H3/b14-8+. The fraction of sp³-hybridized carbons (Fsp3) is 0.0833. The van der Waals surface area contributed by atoms with E-state index in [9.17, 15) is 0 Å². The predicted molar refractivity (Wildman–Crippen MR) is 70.5 cm³/mol. The molecule has 0 atom stereocenters. The van der Waals surface area contributed by atoms with Crippen molar-refractivity contribution >= 4 is 39.2 Å². The molecule has 0 bridgehead atoms. The number of aryl methyl sites for hydroxylation is 1. The molecule has 0 fully saturated rings. The van der Waals surface area contributed by atoms with E-state index >= 15 is 0 Å². The average Bonchev–Trinajstić information content (AvgIpc) is 2.64. The van der Waals surface area contributed by atoms with E-state index in [2.05, 4.69) is 40.0 Å². The zero-order valence-corrected chi connectivity index (χ0v) is 10.7. The van der Waals surface area contributed by atoms with Gasteiger partial charge in [-0.05, 0) is 47.1 Å². The number of thiophene rings is 1. The number of rotatable bonds is 2. The largest absolute Gasteiger partial charge is 0.255 e. The van der Waals surface area contributed by atoms with Crippen LogP contribution in [0.4, 0.5) is 5.69 Å². The van der Waals surface area contributed by atoms with E-state index in [1.165, 1.54) is 5.56 Å². The minimum absolute atomic E-state index is 0.991. The third-order valence-electron chi connectivity index (χ3n) is 1.97. The molecule has 0 saturated heterocycles. The Labute approximate surface area is 102 Å². The Kier molecular flexibility index (Phi) is 3.34. The molecule has 76 valence electrons. The van der Waals surface area contributed by atoms with Gasteiger partial charge in [-0.1, -0.05) is 17.7 Å². The van der Waals surface area contributed by atoms with Gasteiger partial charge in [-0.3, -0.25) is 4.99 Å². The predicted octanol–water partition coefficient (Wildman–Crippen LogP) is 4.57. The second kappa shape index (κ2) is 4.73. The lowest BCUT2D eigenvalue weighted by Gasteiger charge is -1.93. The van der Waals surface area contributed by atoms with Crippen LogP contribution in [0.25, 0.3) is 0 Å². The van der Waals surface area contributed by atoms with E-state index in [1.54, 1.807) is 11.3 Å². The smallest absolute Gasteiger partial charge is 0.0705 e. The number of benzene rings is 1. The molecule has 0 radical (unpaired) electrons. The summed E-state index contributed by atoms with van der Waals surface area (Å²) in [5.74, 6) is 0. The van der Waals surface area contributed by atoms with E-state index in [1.807, 2.05) is 30.5 Å². The van der Waals surface area contributed by atoms with Crippen molar-refractivity contribution in [3.8, 4) is 0 Å². The minimum atomic E-state index is 0.991. The highest BCUT2D eigenvalue weighted by Crippen LogP contribution is 2.21. The number of halogens is 1. The first kappa shape index (κ1) is 10.6. The Balaban J connectivity index is 2.14. The van der Waals surface area contributed by atoms with Gasteiger partial charge in [0.05, 0.1) is 9.47 Å². The van der Waals surface area contributed by atoms with Crippen LogP contribution in [-0.4, -0.2) is 6.21 Å². The Morgan fingerprint density at radius 3 is 2.47 bits per heavy atom. The molecule has 0 aliphatic rings. The Hall–Kier alpha value is -0.930. The Bertz CT molecular complexity index is 471. The lowest BCUT2D eigenvalue weighted by molar-refractivity contribution is 1.44. The molecular weight excluding hydrogens is 270 g/mol. The van der Waals surface area contributed by atoms with Crippen molar-refractivity contribution in [2.45, 2.75) is 6.92 Å². The Morgan fingerprint density at radius 2 is 1.87 bits per heavy atom. The van der Waals surface area contributed by atoms with Gasteiger partial charge in [0, 0.05) is 11.1 Å². The summed E-state index contributed by atoms with van der Waals surface area (Å²) in [5, 5.41) is 0. The van der Waals surface area contributed by atoms with E-state index < -0.39 is 0 Å². The molecule has 0 spiro atoms. The molecule has 15 heavy (non-hydrogen) atoms. The molecule has 0 aliphatic carbocycles. The average molecular weight is 280 g/mol. The molecule has 0 aliphatic heterocycles. The lowest BCUT2D eigenvalue weighted by Crippen LogP contribution is -1.72. The van der Waals surface area contributed by atoms with Crippen LogP contribution < -0.4 is 0 Å². The second-order valence-electron chi connectivity index (χ2n) is 3.24. The molecular formula is C12H10BrNS. The summed E-state index contributed by atoms with van der Waals surface area (Å²) in [7, 11) is 0. The highest BCUT2D eigenvalue weighted by Gasteiger charge is 1.93. The number of hydrogen-bond donors (Lipinski definition) is 0. The summed E-state index contributed by atoms with van der Waals surface area (Å²) in [6, 6.07) is 12.3. The van der Waals surface area contributed by atoms with Crippen molar-refractivity contribution in [3.05, 3.63) is 50.6 Å². The van der Waals surface area contributed by atoms with Crippen LogP contribution in [0.3, 0.4) is 0 Å². The second-order valence-corrected chi connectivity index (χ2v) is 5.73. The van der Waals surface area contributed by atoms with Crippen molar-refractivity contribution < 1.29 is 0 Å². The number of nitrogens with zero attached hydrogens (tertiary/aromatic N) is 1. The van der Waals surface area contributed by atoms with Gasteiger partial charge in [-0.2, -0.15) is 0 Å². The first-order valence-corrected chi connectivity index (χ1v) is 6.21. The van der Waals surface area contributed by atoms with Gasteiger partial charge in [0.25, 0.3) is 0 Å². The number of hydrogen-bond acceptors (Lipinski definition) is 2. The maximum Gasteiger partial charge on any atom is 0.0705 e. The molecule has 0 unspecified atom stereocenters. The normalized spacial score (nSPS) is 11.1. The molecule has 1 aromatic heterocycles. The summed E-state index contributed by atoms with van der Waals surface area (Å²) in [6.45, 7) is 2.07. The zero-order chi connectivity index (χ0) is 10.7. The van der Waals surface area contributed by atoms with Crippen LogP contribution in [0.1, 0.15) is 10.4 Å². The molecule has 0 N–H and O–H groups in total. The van der Waals surface area contributed by atoms with Crippen LogP contribution in [0.15, 0.2) is 45.2 Å². The maximum atomic E-state index is 4.40. The van der Waals surface area contributed by atoms with Gasteiger partial charge in [-0.25, -0.2) is 0 Å². The zero-order valence-electron chi connectivity index (χ0n) is 8.27. The van der Waals surface area contributed by atoms with E-state index in [0.29, 0.717) is 0 Å². The molecule has 1 aromatic carbocycles. The van der Waals surface area contributed by atoms with Crippen LogP contribution >= 0.6 is 27.3 Å². The number of aliphatic imine (C=N–C) groups is 1. The molecule has 2 aromatic rings. The van der Waals surface area contributed by atoms with Crippen molar-refractivity contribution in [3.63, 3.8) is 0 Å². The molecule has 1 nitrogen and oxygen atoms in total. The van der Waals surface area contributed by atoms with Crippen LogP contribution in [0.5, 0.6) is 0 Å². The van der Waals surface area contributed by atoms with Gasteiger partial charge in [0.1, 0.15) is 0 Å². The van der Waals surface area contributed by atoms with Gasteiger partial charge in [0.15, 0.2) is 0 Å². The van der Waals surface area contributed by atoms with Gasteiger partial charge in [-0.15, -0.1) is 11.3 Å². The van der Waals surface area contributed by atoms with Gasteiger partial charge in [0.2, 0.25) is 0 Å². The molecule has 1 heterocycles. The van der Waals surface area contributed by atoms with E-state index in [0.717, 1.165) is 14.4 Å². The summed E-state index contributed by atoms with van der Waals surface area (Å²) >= 11 is 5.10. The SMILES string of the molecule is Cc1ccc(/N=C/c2ccc(Br)s2)cc1. The fourth-order valence-electron chi connectivity index (χ4n) is 1.17. The highest BCUT2D eigenvalue weighted by atomic mass is 79.9. The summed E-state index contributed by atoms with van der Waals surface area (Å²) in [5.41, 5.74) is 2.25. The summed E-state index contributed by atoms with van der Waals surface area (Å²) in [4.78, 5) is 5.55. The Morgan fingerprint density at radius 1 is 1.13 bits per heavy atom. The molecule has 2 rings (SSSR count). The van der Waals surface area contributed by atoms with Crippen LogP contribution in [-0.2, 0) is 0 Å². The molecule has 0 amide bonds. The first-order chi connectivity index (χ1) is 7.24. The fourth-order valence-corrected chi connectivity index (χ4v) is 2.46. The monoisotopic (exact) mass is 279 g/mol. The van der Waals surface area contributed by atoms with Crippen molar-refractivity contribution in [1.82, 2.24) is 0 Å². The topological polar surface area (TPSA) is 12.4 Å².